The van der Waals surface area contributed by atoms with Gasteiger partial charge in [0.1, 0.15) is 11.4 Å². The zero-order valence-electron chi connectivity index (χ0n) is 14.6. The van der Waals surface area contributed by atoms with Crippen LogP contribution < -0.4 is 4.74 Å². The third kappa shape index (κ3) is 2.52. The summed E-state index contributed by atoms with van der Waals surface area (Å²) in [5.74, 6) is 1.56. The number of aromatic nitrogens is 3. The molecule has 0 radical (unpaired) electrons. The number of ether oxygens (including phenoxy) is 1. The zero-order valence-corrected chi connectivity index (χ0v) is 14.6. The molecule has 0 fully saturated rings. The first-order chi connectivity index (χ1) is 13.3. The third-order valence-corrected chi connectivity index (χ3v) is 4.64. The number of hydrogen-bond acceptors (Lipinski definition) is 5. The van der Waals surface area contributed by atoms with Gasteiger partial charge in [-0.25, -0.2) is 0 Å². The van der Waals surface area contributed by atoms with Crippen LogP contribution in [0.15, 0.2) is 77.4 Å². The molecular weight excluding hydrogens is 338 g/mol. The summed E-state index contributed by atoms with van der Waals surface area (Å²) < 4.78 is 11.2. The maximum atomic E-state index is 5.62. The van der Waals surface area contributed by atoms with Crippen molar-refractivity contribution in [3.8, 4) is 28.7 Å². The Balaban J connectivity index is 1.72. The van der Waals surface area contributed by atoms with Crippen molar-refractivity contribution in [3.63, 3.8) is 0 Å². The number of rotatable bonds is 3. The molecule has 5 nitrogen and oxygen atoms in total. The van der Waals surface area contributed by atoms with E-state index >= 15 is 0 Å². The highest BCUT2D eigenvalue weighted by Gasteiger charge is 2.19. The average Bonchev–Trinajstić information content (AvgIpc) is 3.22. The van der Waals surface area contributed by atoms with Gasteiger partial charge in [-0.2, -0.15) is 4.98 Å². The fourth-order valence-electron chi connectivity index (χ4n) is 3.36. The van der Waals surface area contributed by atoms with E-state index in [9.17, 15) is 0 Å². The Morgan fingerprint density at radius 1 is 0.815 bits per heavy atom. The van der Waals surface area contributed by atoms with Crippen LogP contribution in [-0.4, -0.2) is 22.2 Å². The second-order valence-electron chi connectivity index (χ2n) is 6.17. The fourth-order valence-corrected chi connectivity index (χ4v) is 3.36. The lowest BCUT2D eigenvalue weighted by Gasteiger charge is -2.08. The Bertz CT molecular complexity index is 1270. The van der Waals surface area contributed by atoms with E-state index in [1.807, 2.05) is 66.7 Å². The van der Waals surface area contributed by atoms with Crippen molar-refractivity contribution in [3.05, 3.63) is 72.9 Å². The molecule has 2 aromatic heterocycles. The lowest BCUT2D eigenvalue weighted by molar-refractivity contribution is 0.406. The first kappa shape index (κ1) is 15.5. The van der Waals surface area contributed by atoms with Crippen molar-refractivity contribution in [2.24, 2.45) is 0 Å². The SMILES string of the molecule is COc1ccc2ccccc2c1-c1nc(-c2nccc3ccccc23)no1. The third-order valence-electron chi connectivity index (χ3n) is 4.64. The van der Waals surface area contributed by atoms with Crippen LogP contribution in [-0.2, 0) is 0 Å². The van der Waals surface area contributed by atoms with Gasteiger partial charge < -0.3 is 9.26 Å². The van der Waals surface area contributed by atoms with Gasteiger partial charge in [0, 0.05) is 11.6 Å². The summed E-state index contributed by atoms with van der Waals surface area (Å²) in [5.41, 5.74) is 1.48. The van der Waals surface area contributed by atoms with Gasteiger partial charge in [-0.1, -0.05) is 59.8 Å². The molecule has 0 spiro atoms. The number of methoxy groups -OCH3 is 1. The molecule has 0 N–H and O–H groups in total. The Morgan fingerprint density at radius 3 is 2.37 bits per heavy atom. The minimum absolute atomic E-state index is 0.411. The van der Waals surface area contributed by atoms with Crippen LogP contribution in [0.2, 0.25) is 0 Å². The van der Waals surface area contributed by atoms with Crippen molar-refractivity contribution < 1.29 is 9.26 Å². The van der Waals surface area contributed by atoms with Gasteiger partial charge in [-0.15, -0.1) is 0 Å². The molecule has 5 heteroatoms. The molecule has 3 aromatic carbocycles. The van der Waals surface area contributed by atoms with Gasteiger partial charge in [0.05, 0.1) is 12.7 Å². The van der Waals surface area contributed by atoms with E-state index in [0.717, 1.165) is 27.1 Å². The summed E-state index contributed by atoms with van der Waals surface area (Å²) in [4.78, 5) is 9.11. The molecular formula is C22H15N3O2. The van der Waals surface area contributed by atoms with Gasteiger partial charge in [0.15, 0.2) is 0 Å². The molecule has 0 saturated heterocycles. The van der Waals surface area contributed by atoms with Crippen molar-refractivity contribution in [1.29, 1.82) is 0 Å². The molecule has 0 aliphatic carbocycles. The van der Waals surface area contributed by atoms with Gasteiger partial charge in [0.25, 0.3) is 5.89 Å². The highest BCUT2D eigenvalue weighted by Crippen LogP contribution is 2.37. The Kier molecular flexibility index (Phi) is 3.57. The van der Waals surface area contributed by atoms with Gasteiger partial charge in [-0.3, -0.25) is 4.98 Å². The van der Waals surface area contributed by atoms with E-state index in [2.05, 4.69) is 15.1 Å². The van der Waals surface area contributed by atoms with Crippen LogP contribution in [0, 0.1) is 0 Å². The van der Waals surface area contributed by atoms with Gasteiger partial charge in [-0.05, 0) is 28.3 Å². The van der Waals surface area contributed by atoms with E-state index in [4.69, 9.17) is 9.26 Å². The predicted octanol–water partition coefficient (Wildman–Crippen LogP) is 5.11. The molecule has 130 valence electrons. The summed E-state index contributed by atoms with van der Waals surface area (Å²) in [6.45, 7) is 0. The average molecular weight is 353 g/mol. The molecule has 0 aliphatic rings. The van der Waals surface area contributed by atoms with E-state index < -0.39 is 0 Å². The van der Waals surface area contributed by atoms with Crippen molar-refractivity contribution in [1.82, 2.24) is 15.1 Å². The monoisotopic (exact) mass is 353 g/mol. The highest BCUT2D eigenvalue weighted by molar-refractivity contribution is 5.98. The summed E-state index contributed by atoms with van der Waals surface area (Å²) >= 11 is 0. The van der Waals surface area contributed by atoms with Crippen LogP contribution in [0.3, 0.4) is 0 Å². The minimum Gasteiger partial charge on any atom is -0.496 e. The second-order valence-corrected chi connectivity index (χ2v) is 6.17. The van der Waals surface area contributed by atoms with Crippen LogP contribution in [0.4, 0.5) is 0 Å². The molecule has 0 saturated carbocycles. The van der Waals surface area contributed by atoms with Crippen LogP contribution in [0.25, 0.3) is 44.5 Å². The molecule has 0 aliphatic heterocycles. The van der Waals surface area contributed by atoms with E-state index in [1.54, 1.807) is 13.3 Å². The van der Waals surface area contributed by atoms with Gasteiger partial charge >= 0.3 is 0 Å². The Labute approximate surface area is 155 Å². The lowest BCUT2D eigenvalue weighted by Crippen LogP contribution is -1.91. The number of fused-ring (bicyclic) bond motifs is 2. The summed E-state index contributed by atoms with van der Waals surface area (Å²) in [6, 6.07) is 22.0. The van der Waals surface area contributed by atoms with Crippen molar-refractivity contribution in [2.45, 2.75) is 0 Å². The maximum absolute atomic E-state index is 5.62. The molecule has 0 atom stereocenters. The number of nitrogens with zero attached hydrogens (tertiary/aromatic N) is 3. The van der Waals surface area contributed by atoms with E-state index in [-0.39, 0.29) is 0 Å². The van der Waals surface area contributed by atoms with E-state index in [1.165, 1.54) is 0 Å². The molecule has 0 bridgehead atoms. The normalized spacial score (nSPS) is 11.1. The molecule has 0 amide bonds. The summed E-state index contributed by atoms with van der Waals surface area (Å²) in [6.07, 6.45) is 1.76. The van der Waals surface area contributed by atoms with Crippen LogP contribution in [0.1, 0.15) is 0 Å². The highest BCUT2D eigenvalue weighted by atomic mass is 16.5. The molecule has 0 unspecified atom stereocenters. The van der Waals surface area contributed by atoms with Gasteiger partial charge in [0.2, 0.25) is 5.82 Å². The fraction of sp³-hybridized carbons (Fsp3) is 0.0455. The maximum Gasteiger partial charge on any atom is 0.262 e. The smallest absolute Gasteiger partial charge is 0.262 e. The molecule has 5 aromatic rings. The number of hydrogen-bond donors (Lipinski definition) is 0. The summed E-state index contributed by atoms with van der Waals surface area (Å²) in [7, 11) is 1.64. The molecule has 2 heterocycles. The Morgan fingerprint density at radius 2 is 1.56 bits per heavy atom. The van der Waals surface area contributed by atoms with E-state index in [0.29, 0.717) is 23.2 Å². The summed E-state index contributed by atoms with van der Waals surface area (Å²) in [5, 5.41) is 8.33. The minimum atomic E-state index is 0.411. The van der Waals surface area contributed by atoms with Crippen molar-refractivity contribution in [2.75, 3.05) is 7.11 Å². The quantitative estimate of drug-likeness (QED) is 0.451. The van der Waals surface area contributed by atoms with Crippen LogP contribution >= 0.6 is 0 Å². The largest absolute Gasteiger partial charge is 0.496 e. The second kappa shape index (κ2) is 6.21. The standard InChI is InChI=1S/C22H15N3O2/c1-26-18-11-10-14-6-2-4-8-16(14)19(18)22-24-21(25-27-22)20-17-9-5-3-7-15(17)12-13-23-20/h2-13H,1H3. The lowest BCUT2D eigenvalue weighted by atomic mass is 10.0. The first-order valence-electron chi connectivity index (χ1n) is 8.59. The first-order valence-corrected chi connectivity index (χ1v) is 8.59. The predicted molar refractivity (Wildman–Crippen MR) is 105 cm³/mol. The zero-order chi connectivity index (χ0) is 18.2. The molecule has 27 heavy (non-hydrogen) atoms. The molecule has 5 rings (SSSR count). The Hall–Kier alpha value is -3.73. The van der Waals surface area contributed by atoms with Crippen LogP contribution in [0.5, 0.6) is 5.75 Å². The van der Waals surface area contributed by atoms with Crippen molar-refractivity contribution >= 4 is 21.5 Å². The number of pyridine rings is 1. The number of benzene rings is 3. The topological polar surface area (TPSA) is 61.0 Å².